The number of pyridine rings is 1. The van der Waals surface area contributed by atoms with E-state index in [9.17, 15) is 0 Å². The third-order valence-electron chi connectivity index (χ3n) is 6.56. The molecule has 1 saturated heterocycles. The fourth-order valence-corrected chi connectivity index (χ4v) is 5.02. The first-order valence-corrected chi connectivity index (χ1v) is 10.7. The number of hydrogen-bond acceptors (Lipinski definition) is 3. The molecule has 0 spiro atoms. The molecule has 1 atom stereocenters. The molecular formula is C22H34N4. The minimum atomic E-state index is 0.828. The molecule has 4 nitrogen and oxygen atoms in total. The van der Waals surface area contributed by atoms with Crippen LogP contribution >= 0.6 is 0 Å². The van der Waals surface area contributed by atoms with Crippen molar-refractivity contribution in [2.24, 2.45) is 11.8 Å². The second-order valence-corrected chi connectivity index (χ2v) is 8.48. The molecule has 142 valence electrons. The van der Waals surface area contributed by atoms with Crippen molar-refractivity contribution in [2.75, 3.05) is 32.0 Å². The Morgan fingerprint density at radius 1 is 1.04 bits per heavy atom. The quantitative estimate of drug-likeness (QED) is 0.852. The Balaban J connectivity index is 1.34. The van der Waals surface area contributed by atoms with Crippen LogP contribution in [0.2, 0.25) is 0 Å². The summed E-state index contributed by atoms with van der Waals surface area (Å²) in [4.78, 5) is 2.77. The lowest BCUT2D eigenvalue weighted by Crippen LogP contribution is -2.31. The average Bonchev–Trinajstić information content (AvgIpc) is 2.96. The highest BCUT2D eigenvalue weighted by Gasteiger charge is 2.21. The van der Waals surface area contributed by atoms with Crippen LogP contribution in [0.1, 0.15) is 56.9 Å². The van der Waals surface area contributed by atoms with Crippen LogP contribution in [0.3, 0.4) is 0 Å². The minimum absolute atomic E-state index is 0.828. The molecular weight excluding hydrogens is 320 g/mol. The number of rotatable bonds is 5. The predicted molar refractivity (Wildman–Crippen MR) is 109 cm³/mol. The van der Waals surface area contributed by atoms with Crippen LogP contribution < -0.4 is 5.32 Å². The summed E-state index contributed by atoms with van der Waals surface area (Å²) in [6, 6.07) is 4.58. The van der Waals surface area contributed by atoms with Crippen molar-refractivity contribution in [1.82, 2.24) is 14.5 Å². The maximum Gasteiger partial charge on any atom is 0.0896 e. The Bertz CT molecular complexity index is 701. The molecule has 2 aliphatic rings. The van der Waals surface area contributed by atoms with Gasteiger partial charge in [0.05, 0.1) is 17.4 Å². The van der Waals surface area contributed by atoms with Crippen LogP contribution in [0.5, 0.6) is 0 Å². The van der Waals surface area contributed by atoms with E-state index in [4.69, 9.17) is 0 Å². The van der Waals surface area contributed by atoms with E-state index in [-0.39, 0.29) is 0 Å². The van der Waals surface area contributed by atoms with Gasteiger partial charge in [-0.3, -0.25) is 0 Å². The zero-order valence-corrected chi connectivity index (χ0v) is 16.3. The fraction of sp³-hybridized carbons (Fsp3) is 0.682. The lowest BCUT2D eigenvalue weighted by atomic mass is 9.89. The molecule has 0 aromatic carbocycles. The number of nitrogens with zero attached hydrogens (tertiary/aromatic N) is 3. The number of anilines is 1. The largest absolute Gasteiger partial charge is 0.385 e. The van der Waals surface area contributed by atoms with E-state index in [0.29, 0.717) is 0 Å². The van der Waals surface area contributed by atoms with Crippen molar-refractivity contribution in [3.63, 3.8) is 0 Å². The number of hydrogen-bond donors (Lipinski definition) is 1. The first-order chi connectivity index (χ1) is 12.8. The molecule has 3 heterocycles. The Morgan fingerprint density at radius 3 is 2.73 bits per heavy atom. The molecule has 4 rings (SSSR count). The van der Waals surface area contributed by atoms with Gasteiger partial charge in [0.1, 0.15) is 0 Å². The summed E-state index contributed by atoms with van der Waals surface area (Å²) >= 11 is 0. The highest BCUT2D eigenvalue weighted by atomic mass is 15.2. The van der Waals surface area contributed by atoms with Gasteiger partial charge in [-0.1, -0.05) is 19.3 Å². The van der Waals surface area contributed by atoms with Gasteiger partial charge >= 0.3 is 0 Å². The smallest absolute Gasteiger partial charge is 0.0896 e. The third kappa shape index (κ3) is 4.22. The Morgan fingerprint density at radius 2 is 1.88 bits per heavy atom. The van der Waals surface area contributed by atoms with E-state index in [2.05, 4.69) is 33.6 Å². The van der Waals surface area contributed by atoms with Gasteiger partial charge in [0.2, 0.25) is 0 Å². The number of nitrogens with one attached hydrogen (secondary N) is 1. The first-order valence-electron chi connectivity index (χ1n) is 10.7. The zero-order valence-electron chi connectivity index (χ0n) is 16.3. The van der Waals surface area contributed by atoms with Crippen molar-refractivity contribution >= 4 is 11.2 Å². The summed E-state index contributed by atoms with van der Waals surface area (Å²) < 4.78 is 1.97. The highest BCUT2D eigenvalue weighted by Crippen LogP contribution is 2.27. The standard InChI is InChI=1S/C22H34N4/c1-23-21-16-24-26-13-10-20(15-22(21)26)14-18-8-5-11-25(12-9-18)17-19-6-3-2-4-7-19/h10,13,15-16,18-19,23H,2-9,11-12,14,17H2,1H3. The molecule has 1 aliphatic heterocycles. The summed E-state index contributed by atoms with van der Waals surface area (Å²) in [6.07, 6.45) is 16.7. The van der Waals surface area contributed by atoms with Crippen molar-refractivity contribution < 1.29 is 0 Å². The summed E-state index contributed by atoms with van der Waals surface area (Å²) in [5.41, 5.74) is 3.77. The Hall–Kier alpha value is -1.55. The molecule has 2 fully saturated rings. The number of fused-ring (bicyclic) bond motifs is 1. The molecule has 26 heavy (non-hydrogen) atoms. The number of likely N-dealkylation sites (tertiary alicyclic amines) is 1. The topological polar surface area (TPSA) is 32.6 Å². The SMILES string of the molecule is CNc1cnn2ccc(CC3CCCN(CC4CCCCC4)CC3)cc12. The molecule has 0 amide bonds. The lowest BCUT2D eigenvalue weighted by Gasteiger charge is -2.28. The van der Waals surface area contributed by atoms with Gasteiger partial charge in [0.25, 0.3) is 0 Å². The van der Waals surface area contributed by atoms with E-state index in [0.717, 1.165) is 17.5 Å². The Kier molecular flexibility index (Phi) is 5.78. The summed E-state index contributed by atoms with van der Waals surface area (Å²) in [7, 11) is 1.97. The van der Waals surface area contributed by atoms with Gasteiger partial charge in [-0.05, 0) is 81.1 Å². The second kappa shape index (κ2) is 8.43. The van der Waals surface area contributed by atoms with E-state index in [1.807, 2.05) is 17.8 Å². The van der Waals surface area contributed by atoms with Crippen molar-refractivity contribution in [3.8, 4) is 0 Å². The van der Waals surface area contributed by atoms with E-state index in [1.165, 1.54) is 88.5 Å². The molecule has 2 aromatic heterocycles. The lowest BCUT2D eigenvalue weighted by molar-refractivity contribution is 0.204. The molecule has 0 radical (unpaired) electrons. The summed E-state index contributed by atoms with van der Waals surface area (Å²) in [5.74, 6) is 1.80. The van der Waals surface area contributed by atoms with Crippen molar-refractivity contribution in [1.29, 1.82) is 0 Å². The molecule has 0 bridgehead atoms. The number of aromatic nitrogens is 2. The first kappa shape index (κ1) is 17.8. The zero-order chi connectivity index (χ0) is 17.8. The molecule has 1 unspecified atom stereocenters. The Labute approximate surface area is 158 Å². The van der Waals surface area contributed by atoms with Gasteiger partial charge in [-0.15, -0.1) is 0 Å². The van der Waals surface area contributed by atoms with Crippen LogP contribution in [-0.2, 0) is 6.42 Å². The van der Waals surface area contributed by atoms with E-state index < -0.39 is 0 Å². The predicted octanol–water partition coefficient (Wildman–Crippen LogP) is 4.60. The van der Waals surface area contributed by atoms with Gasteiger partial charge in [-0.2, -0.15) is 5.10 Å². The fourth-order valence-electron chi connectivity index (χ4n) is 5.02. The molecule has 2 aromatic rings. The molecule has 1 aliphatic carbocycles. The van der Waals surface area contributed by atoms with E-state index >= 15 is 0 Å². The highest BCUT2D eigenvalue weighted by molar-refractivity contribution is 5.71. The van der Waals surface area contributed by atoms with Crippen LogP contribution in [0.4, 0.5) is 5.69 Å². The summed E-state index contributed by atoms with van der Waals surface area (Å²) in [6.45, 7) is 3.98. The van der Waals surface area contributed by atoms with Crippen LogP contribution in [-0.4, -0.2) is 41.2 Å². The van der Waals surface area contributed by atoms with Crippen molar-refractivity contribution in [2.45, 2.75) is 57.8 Å². The molecule has 1 saturated carbocycles. The van der Waals surface area contributed by atoms with Gasteiger partial charge < -0.3 is 10.2 Å². The molecule has 1 N–H and O–H groups in total. The normalized spacial score (nSPS) is 23.2. The van der Waals surface area contributed by atoms with Crippen LogP contribution in [0, 0.1) is 11.8 Å². The molecule has 4 heteroatoms. The van der Waals surface area contributed by atoms with Crippen LogP contribution in [0.15, 0.2) is 24.5 Å². The van der Waals surface area contributed by atoms with E-state index in [1.54, 1.807) is 0 Å². The maximum atomic E-state index is 4.41. The monoisotopic (exact) mass is 354 g/mol. The average molecular weight is 355 g/mol. The van der Waals surface area contributed by atoms with Gasteiger partial charge in [0.15, 0.2) is 0 Å². The second-order valence-electron chi connectivity index (χ2n) is 8.48. The van der Waals surface area contributed by atoms with Crippen molar-refractivity contribution in [3.05, 3.63) is 30.1 Å². The minimum Gasteiger partial charge on any atom is -0.385 e. The van der Waals surface area contributed by atoms with Gasteiger partial charge in [0, 0.05) is 19.8 Å². The maximum absolute atomic E-state index is 4.41. The van der Waals surface area contributed by atoms with Gasteiger partial charge in [-0.25, -0.2) is 4.52 Å². The third-order valence-corrected chi connectivity index (χ3v) is 6.56. The summed E-state index contributed by atoms with van der Waals surface area (Å²) in [5, 5.41) is 7.65. The van der Waals surface area contributed by atoms with Crippen LogP contribution in [0.25, 0.3) is 5.52 Å².